The Morgan fingerprint density at radius 1 is 1.23 bits per heavy atom. The minimum Gasteiger partial charge on any atom is -0.478 e. The second kappa shape index (κ2) is 6.36. The van der Waals surface area contributed by atoms with Crippen molar-refractivity contribution in [1.82, 2.24) is 10.3 Å². The van der Waals surface area contributed by atoms with Crippen LogP contribution in [0.2, 0.25) is 0 Å². The number of rotatable bonds is 4. The smallest absolute Gasteiger partial charge is 0.335 e. The van der Waals surface area contributed by atoms with Crippen molar-refractivity contribution in [3.05, 3.63) is 64.5 Å². The molecule has 1 unspecified atom stereocenters. The van der Waals surface area contributed by atoms with E-state index >= 15 is 0 Å². The number of hydrogen-bond acceptors (Lipinski definition) is 4. The first kappa shape index (κ1) is 15.7. The lowest BCUT2D eigenvalue weighted by atomic mass is 9.99. The van der Waals surface area contributed by atoms with Crippen LogP contribution < -0.4 is 5.32 Å². The van der Waals surface area contributed by atoms with Crippen LogP contribution in [0.3, 0.4) is 0 Å². The zero-order chi connectivity index (χ0) is 16.3. The number of aliphatic hydroxyl groups is 1. The monoisotopic (exact) mass is 300 g/mol. The fraction of sp³-hybridized carbons (Fsp3) is 0.188. The van der Waals surface area contributed by atoms with Crippen molar-refractivity contribution in [3.63, 3.8) is 0 Å². The second-order valence-corrected chi connectivity index (χ2v) is 4.81. The van der Waals surface area contributed by atoms with E-state index in [1.165, 1.54) is 19.2 Å². The van der Waals surface area contributed by atoms with Crippen LogP contribution in [0.15, 0.2) is 36.4 Å². The number of aromatic carboxylic acids is 1. The van der Waals surface area contributed by atoms with Gasteiger partial charge in [-0.05, 0) is 30.2 Å². The molecule has 6 heteroatoms. The summed E-state index contributed by atoms with van der Waals surface area (Å²) < 4.78 is 0. The summed E-state index contributed by atoms with van der Waals surface area (Å²) in [6.45, 7) is 1.83. The lowest BCUT2D eigenvalue weighted by molar-refractivity contribution is 0.0696. The van der Waals surface area contributed by atoms with Gasteiger partial charge in [-0.25, -0.2) is 9.78 Å². The number of hydrogen-bond donors (Lipinski definition) is 3. The molecule has 3 N–H and O–H groups in total. The fourth-order valence-electron chi connectivity index (χ4n) is 2.11. The number of benzene rings is 1. The predicted octanol–water partition coefficient (Wildman–Crippen LogP) is 1.53. The van der Waals surface area contributed by atoms with Gasteiger partial charge in [0.1, 0.15) is 11.8 Å². The lowest BCUT2D eigenvalue weighted by Crippen LogP contribution is -2.21. The molecule has 1 aromatic heterocycles. The van der Waals surface area contributed by atoms with Gasteiger partial charge in [-0.15, -0.1) is 0 Å². The van der Waals surface area contributed by atoms with Crippen LogP contribution in [-0.4, -0.2) is 34.1 Å². The van der Waals surface area contributed by atoms with Gasteiger partial charge in [0.2, 0.25) is 0 Å². The number of aliphatic hydroxyl groups excluding tert-OH is 1. The number of amides is 1. The zero-order valence-corrected chi connectivity index (χ0v) is 12.2. The third-order valence-corrected chi connectivity index (χ3v) is 3.32. The van der Waals surface area contributed by atoms with E-state index in [-0.39, 0.29) is 17.0 Å². The number of carbonyl (C=O) groups is 2. The standard InChI is InChI=1S/C16H16N2O4/c1-9-5-3-4-6-11(9)14(19)12-7-10(16(21)22)8-13(18-12)15(20)17-2/h3-8,14,19H,1-2H3,(H,17,20)(H,21,22). The van der Waals surface area contributed by atoms with Gasteiger partial charge in [0.05, 0.1) is 11.3 Å². The Hall–Kier alpha value is -2.73. The van der Waals surface area contributed by atoms with Gasteiger partial charge < -0.3 is 15.5 Å². The van der Waals surface area contributed by atoms with Gasteiger partial charge in [-0.1, -0.05) is 24.3 Å². The van der Waals surface area contributed by atoms with Gasteiger partial charge >= 0.3 is 5.97 Å². The quantitative estimate of drug-likeness (QED) is 0.795. The molecule has 1 atom stereocenters. The minimum absolute atomic E-state index is 0.0509. The predicted molar refractivity (Wildman–Crippen MR) is 79.8 cm³/mol. The van der Waals surface area contributed by atoms with Crippen molar-refractivity contribution in [2.75, 3.05) is 7.05 Å². The molecule has 0 aliphatic rings. The van der Waals surface area contributed by atoms with E-state index in [0.29, 0.717) is 5.56 Å². The number of pyridine rings is 1. The normalized spacial score (nSPS) is 11.8. The fourth-order valence-corrected chi connectivity index (χ4v) is 2.11. The van der Waals surface area contributed by atoms with Crippen LogP contribution in [0.5, 0.6) is 0 Å². The summed E-state index contributed by atoms with van der Waals surface area (Å²) in [6, 6.07) is 9.62. The van der Waals surface area contributed by atoms with E-state index in [4.69, 9.17) is 5.11 Å². The highest BCUT2D eigenvalue weighted by Crippen LogP contribution is 2.24. The van der Waals surface area contributed by atoms with Crippen LogP contribution in [0.1, 0.15) is 43.8 Å². The van der Waals surface area contributed by atoms with Crippen molar-refractivity contribution in [2.45, 2.75) is 13.0 Å². The molecule has 2 rings (SSSR count). The van der Waals surface area contributed by atoms with Crippen LogP contribution in [0.4, 0.5) is 0 Å². The van der Waals surface area contributed by atoms with Crippen LogP contribution in [0, 0.1) is 6.92 Å². The zero-order valence-electron chi connectivity index (χ0n) is 12.2. The van der Waals surface area contributed by atoms with Crippen molar-refractivity contribution in [1.29, 1.82) is 0 Å². The SMILES string of the molecule is CNC(=O)c1cc(C(=O)O)cc(C(O)c2ccccc2C)n1. The van der Waals surface area contributed by atoms with Gasteiger partial charge in [0, 0.05) is 7.05 Å². The maximum Gasteiger partial charge on any atom is 0.335 e. The highest BCUT2D eigenvalue weighted by atomic mass is 16.4. The second-order valence-electron chi connectivity index (χ2n) is 4.81. The molecule has 0 aliphatic heterocycles. The Labute approximate surface area is 127 Å². The number of carboxylic acids is 1. The maximum atomic E-state index is 11.7. The van der Waals surface area contributed by atoms with Crippen LogP contribution in [0.25, 0.3) is 0 Å². The van der Waals surface area contributed by atoms with Crippen molar-refractivity contribution in [3.8, 4) is 0 Å². The molecule has 114 valence electrons. The summed E-state index contributed by atoms with van der Waals surface area (Å²) in [5.74, 6) is -1.70. The Morgan fingerprint density at radius 3 is 2.50 bits per heavy atom. The summed E-state index contributed by atoms with van der Waals surface area (Å²) in [5, 5.41) is 22.0. The molecule has 0 spiro atoms. The van der Waals surface area contributed by atoms with Crippen LogP contribution in [-0.2, 0) is 0 Å². The average molecular weight is 300 g/mol. The highest BCUT2D eigenvalue weighted by molar-refractivity contribution is 5.95. The molecule has 22 heavy (non-hydrogen) atoms. The van der Waals surface area contributed by atoms with E-state index in [1.807, 2.05) is 19.1 Å². The Morgan fingerprint density at radius 2 is 1.91 bits per heavy atom. The van der Waals surface area contributed by atoms with E-state index in [1.54, 1.807) is 12.1 Å². The van der Waals surface area contributed by atoms with E-state index in [9.17, 15) is 14.7 Å². The molecule has 0 saturated heterocycles. The number of nitrogens with zero attached hydrogens (tertiary/aromatic N) is 1. The third-order valence-electron chi connectivity index (χ3n) is 3.32. The van der Waals surface area contributed by atoms with Gasteiger partial charge in [-0.2, -0.15) is 0 Å². The summed E-state index contributed by atoms with van der Waals surface area (Å²) >= 11 is 0. The van der Waals surface area contributed by atoms with Crippen molar-refractivity contribution in [2.24, 2.45) is 0 Å². The molecule has 1 amide bonds. The Bertz CT molecular complexity index is 728. The van der Waals surface area contributed by atoms with Gasteiger partial charge in [0.15, 0.2) is 0 Å². The minimum atomic E-state index is -1.19. The largest absolute Gasteiger partial charge is 0.478 e. The summed E-state index contributed by atoms with van der Waals surface area (Å²) in [6.07, 6.45) is -1.11. The lowest BCUT2D eigenvalue weighted by Gasteiger charge is -2.14. The molecule has 0 radical (unpaired) electrons. The molecular weight excluding hydrogens is 284 g/mol. The molecule has 0 fully saturated rings. The molecule has 2 aromatic rings. The molecule has 1 aromatic carbocycles. The average Bonchev–Trinajstić information content (AvgIpc) is 2.53. The van der Waals surface area contributed by atoms with Crippen LogP contribution >= 0.6 is 0 Å². The Kier molecular flexibility index (Phi) is 4.53. The van der Waals surface area contributed by atoms with Crippen molar-refractivity contribution < 1.29 is 19.8 Å². The van der Waals surface area contributed by atoms with E-state index < -0.39 is 18.0 Å². The van der Waals surface area contributed by atoms with E-state index in [2.05, 4.69) is 10.3 Å². The van der Waals surface area contributed by atoms with Crippen molar-refractivity contribution >= 4 is 11.9 Å². The number of aromatic nitrogens is 1. The first-order valence-corrected chi connectivity index (χ1v) is 6.65. The Balaban J connectivity index is 2.54. The first-order chi connectivity index (χ1) is 10.4. The first-order valence-electron chi connectivity index (χ1n) is 6.65. The highest BCUT2D eigenvalue weighted by Gasteiger charge is 2.19. The number of carbonyl (C=O) groups excluding carboxylic acids is 1. The molecule has 6 nitrogen and oxygen atoms in total. The summed E-state index contributed by atoms with van der Waals surface area (Å²) in [5.41, 5.74) is 1.42. The summed E-state index contributed by atoms with van der Waals surface area (Å²) in [4.78, 5) is 27.0. The molecule has 0 bridgehead atoms. The number of aryl methyl sites for hydroxylation is 1. The molecule has 0 saturated carbocycles. The summed E-state index contributed by atoms with van der Waals surface area (Å²) in [7, 11) is 1.43. The van der Waals surface area contributed by atoms with Gasteiger partial charge in [0.25, 0.3) is 5.91 Å². The third kappa shape index (κ3) is 3.12. The number of nitrogens with one attached hydrogen (secondary N) is 1. The van der Waals surface area contributed by atoms with E-state index in [0.717, 1.165) is 5.56 Å². The topological polar surface area (TPSA) is 99.5 Å². The number of carboxylic acid groups (broad SMARTS) is 1. The maximum absolute atomic E-state index is 11.7. The molecule has 0 aliphatic carbocycles. The van der Waals surface area contributed by atoms with Gasteiger partial charge in [-0.3, -0.25) is 4.79 Å². The molecule has 1 heterocycles. The molecular formula is C16H16N2O4.